The zero-order chi connectivity index (χ0) is 21.4. The molecule has 0 aliphatic rings. The Kier molecular flexibility index (Phi) is 5.53. The van der Waals surface area contributed by atoms with Crippen LogP contribution < -0.4 is 0 Å². The van der Waals surface area contributed by atoms with Crippen molar-refractivity contribution in [2.75, 3.05) is 0 Å². The van der Waals surface area contributed by atoms with Gasteiger partial charge in [-0.25, -0.2) is 0 Å². The molecule has 0 bridgehead atoms. The lowest BCUT2D eigenvalue weighted by Crippen LogP contribution is -2.04. The summed E-state index contributed by atoms with van der Waals surface area (Å²) in [6.07, 6.45) is 1.05. The molecule has 154 valence electrons. The number of nitro groups is 1. The second kappa shape index (κ2) is 8.12. The molecular weight excluding hydrogens is 422 g/mol. The number of hydrogen-bond acceptors (Lipinski definition) is 6. The van der Waals surface area contributed by atoms with Crippen molar-refractivity contribution >= 4 is 33.6 Å². The third kappa shape index (κ3) is 3.93. The fraction of sp³-hybridized carbons (Fsp3) is 0.286. The van der Waals surface area contributed by atoms with Crippen LogP contribution >= 0.6 is 22.9 Å². The van der Waals surface area contributed by atoms with E-state index in [-0.39, 0.29) is 16.6 Å². The molecule has 1 atom stereocenters. The summed E-state index contributed by atoms with van der Waals surface area (Å²) in [6.45, 7) is 6.49. The van der Waals surface area contributed by atoms with Gasteiger partial charge in [-0.15, -0.1) is 10.2 Å². The van der Waals surface area contributed by atoms with Gasteiger partial charge in [0.2, 0.25) is 4.96 Å². The topological polar surface area (TPSA) is 86.2 Å². The molecule has 0 fully saturated rings. The first-order valence-corrected chi connectivity index (χ1v) is 10.8. The number of fused-ring (bicyclic) bond motifs is 1. The highest BCUT2D eigenvalue weighted by Crippen LogP contribution is 2.34. The summed E-state index contributed by atoms with van der Waals surface area (Å²) in [5, 5.41) is 25.1. The molecule has 2 aromatic heterocycles. The van der Waals surface area contributed by atoms with Crippen LogP contribution in [0.1, 0.15) is 43.6 Å². The number of non-ortho nitro benzene ring substituents is 1. The highest BCUT2D eigenvalue weighted by molar-refractivity contribution is 7.19. The highest BCUT2D eigenvalue weighted by Gasteiger charge is 2.21. The van der Waals surface area contributed by atoms with Crippen molar-refractivity contribution in [2.24, 2.45) is 5.92 Å². The molecule has 0 saturated carbocycles. The molecule has 1 unspecified atom stereocenters. The number of aromatic nitrogens is 4. The van der Waals surface area contributed by atoms with Crippen LogP contribution in [0.4, 0.5) is 5.69 Å². The average molecular weight is 442 g/mol. The third-order valence-electron chi connectivity index (χ3n) is 4.92. The Morgan fingerprint density at radius 3 is 2.50 bits per heavy atom. The van der Waals surface area contributed by atoms with E-state index in [1.54, 1.807) is 10.6 Å². The van der Waals surface area contributed by atoms with Gasteiger partial charge in [0.15, 0.2) is 5.82 Å². The predicted molar refractivity (Wildman–Crippen MR) is 118 cm³/mol. The monoisotopic (exact) mass is 441 g/mol. The van der Waals surface area contributed by atoms with E-state index in [4.69, 9.17) is 11.6 Å². The second-order valence-electron chi connectivity index (χ2n) is 7.64. The van der Waals surface area contributed by atoms with Gasteiger partial charge in [-0.1, -0.05) is 68.0 Å². The molecule has 4 rings (SSSR count). The quantitative estimate of drug-likeness (QED) is 0.280. The molecule has 2 heterocycles. The van der Waals surface area contributed by atoms with Crippen molar-refractivity contribution in [3.8, 4) is 10.6 Å². The first-order valence-electron chi connectivity index (χ1n) is 9.58. The number of nitrogens with zero attached hydrogens (tertiary/aromatic N) is 5. The first-order chi connectivity index (χ1) is 14.3. The molecule has 0 saturated heterocycles. The van der Waals surface area contributed by atoms with E-state index in [1.165, 1.54) is 29.0 Å². The van der Waals surface area contributed by atoms with Gasteiger partial charge in [-0.3, -0.25) is 10.1 Å². The zero-order valence-electron chi connectivity index (χ0n) is 16.7. The number of hydrogen-bond donors (Lipinski definition) is 0. The van der Waals surface area contributed by atoms with Crippen LogP contribution in [-0.2, 0) is 6.42 Å². The van der Waals surface area contributed by atoms with Gasteiger partial charge in [0.05, 0.1) is 9.95 Å². The number of rotatable bonds is 6. The van der Waals surface area contributed by atoms with E-state index < -0.39 is 4.92 Å². The van der Waals surface area contributed by atoms with E-state index in [0.717, 1.165) is 17.8 Å². The molecule has 0 aliphatic carbocycles. The van der Waals surface area contributed by atoms with E-state index in [2.05, 4.69) is 60.3 Å². The fourth-order valence-electron chi connectivity index (χ4n) is 3.36. The molecule has 0 radical (unpaired) electrons. The van der Waals surface area contributed by atoms with Crippen molar-refractivity contribution in [1.82, 2.24) is 19.8 Å². The van der Waals surface area contributed by atoms with Crippen LogP contribution in [0.25, 0.3) is 15.5 Å². The number of halogens is 1. The van der Waals surface area contributed by atoms with Crippen molar-refractivity contribution in [2.45, 2.75) is 33.1 Å². The summed E-state index contributed by atoms with van der Waals surface area (Å²) in [5.74, 6) is 1.36. The largest absolute Gasteiger partial charge is 0.270 e. The van der Waals surface area contributed by atoms with Gasteiger partial charge in [-0.05, 0) is 29.5 Å². The van der Waals surface area contributed by atoms with E-state index in [9.17, 15) is 10.1 Å². The van der Waals surface area contributed by atoms with Gasteiger partial charge in [-0.2, -0.15) is 9.61 Å². The normalized spacial score (nSPS) is 12.6. The highest BCUT2D eigenvalue weighted by atomic mass is 35.5. The van der Waals surface area contributed by atoms with Crippen molar-refractivity contribution in [3.63, 3.8) is 0 Å². The Bertz CT molecular complexity index is 1220. The molecule has 0 N–H and O–H groups in total. The Balaban J connectivity index is 1.65. The molecule has 0 aliphatic heterocycles. The van der Waals surface area contributed by atoms with Crippen LogP contribution in [-0.4, -0.2) is 24.7 Å². The minimum absolute atomic E-state index is 0.00961. The average Bonchev–Trinajstić information content (AvgIpc) is 3.28. The lowest BCUT2D eigenvalue weighted by molar-refractivity contribution is -0.384. The summed E-state index contributed by atoms with van der Waals surface area (Å²) in [7, 11) is 0. The van der Waals surface area contributed by atoms with Gasteiger partial charge in [0.25, 0.3) is 5.69 Å². The molecule has 4 aromatic rings. The number of benzene rings is 2. The summed E-state index contributed by atoms with van der Waals surface area (Å²) < 4.78 is 1.73. The van der Waals surface area contributed by atoms with E-state index in [1.807, 2.05) is 0 Å². The van der Waals surface area contributed by atoms with Crippen LogP contribution in [0.2, 0.25) is 5.02 Å². The Morgan fingerprint density at radius 2 is 1.87 bits per heavy atom. The Hall–Kier alpha value is -2.84. The SMILES string of the molecule is CC(C)Cc1ccc(C(C)c2nnc3sc(-c4ccc([N+](=O)[O-])cc4Cl)nn23)cc1. The van der Waals surface area contributed by atoms with Gasteiger partial charge < -0.3 is 0 Å². The Labute approximate surface area is 182 Å². The third-order valence-corrected chi connectivity index (χ3v) is 6.16. The van der Waals surface area contributed by atoms with Crippen molar-refractivity contribution in [3.05, 3.63) is 74.6 Å². The van der Waals surface area contributed by atoms with E-state index >= 15 is 0 Å². The van der Waals surface area contributed by atoms with Crippen LogP contribution in [0.5, 0.6) is 0 Å². The lowest BCUT2D eigenvalue weighted by Gasteiger charge is -2.11. The predicted octanol–water partition coefficient (Wildman–Crippen LogP) is 5.76. The summed E-state index contributed by atoms with van der Waals surface area (Å²) in [5.41, 5.74) is 3.03. The van der Waals surface area contributed by atoms with Crippen molar-refractivity contribution in [1.29, 1.82) is 0 Å². The molecular formula is C21H20ClN5O2S. The Morgan fingerprint density at radius 1 is 1.13 bits per heavy atom. The summed E-state index contributed by atoms with van der Waals surface area (Å²) in [6, 6.07) is 12.9. The second-order valence-corrected chi connectivity index (χ2v) is 9.01. The summed E-state index contributed by atoms with van der Waals surface area (Å²) in [4.78, 5) is 11.1. The molecule has 2 aromatic carbocycles. The minimum Gasteiger partial charge on any atom is -0.258 e. The lowest BCUT2D eigenvalue weighted by atomic mass is 9.96. The van der Waals surface area contributed by atoms with Crippen LogP contribution in [0.3, 0.4) is 0 Å². The van der Waals surface area contributed by atoms with Crippen LogP contribution in [0, 0.1) is 16.0 Å². The molecule has 30 heavy (non-hydrogen) atoms. The smallest absolute Gasteiger partial charge is 0.258 e. The van der Waals surface area contributed by atoms with Gasteiger partial charge in [0, 0.05) is 23.6 Å². The van der Waals surface area contributed by atoms with Crippen molar-refractivity contribution < 1.29 is 4.92 Å². The maximum atomic E-state index is 10.9. The molecule has 0 amide bonds. The van der Waals surface area contributed by atoms with Gasteiger partial charge >= 0.3 is 0 Å². The van der Waals surface area contributed by atoms with Gasteiger partial charge in [0.1, 0.15) is 5.01 Å². The van der Waals surface area contributed by atoms with E-state index in [0.29, 0.717) is 21.4 Å². The molecule has 0 spiro atoms. The maximum Gasteiger partial charge on any atom is 0.270 e. The first kappa shape index (κ1) is 20.4. The summed E-state index contributed by atoms with van der Waals surface area (Å²) >= 11 is 7.61. The minimum atomic E-state index is -0.472. The van der Waals surface area contributed by atoms with Crippen LogP contribution in [0.15, 0.2) is 42.5 Å². The fourth-order valence-corrected chi connectivity index (χ4v) is 4.57. The zero-order valence-corrected chi connectivity index (χ0v) is 18.3. The standard InChI is InChI=1S/C21H20ClN5O2S/c1-12(2)10-14-4-6-15(7-5-14)13(3)19-23-24-21-26(19)25-20(30-21)17-9-8-16(27(28)29)11-18(17)22/h4-9,11-13H,10H2,1-3H3. The number of nitro benzene ring substituents is 1. The molecule has 9 heteroatoms. The maximum absolute atomic E-state index is 10.9. The molecule has 7 nitrogen and oxygen atoms in total.